The molecule has 0 spiro atoms. The first-order valence-electron chi connectivity index (χ1n) is 5.65. The lowest BCUT2D eigenvalue weighted by Crippen LogP contribution is -2.34. The molecule has 4 heteroatoms. The second kappa shape index (κ2) is 5.05. The molecule has 0 saturated heterocycles. The molecule has 0 bridgehead atoms. The molecule has 1 unspecified atom stereocenters. The van der Waals surface area contributed by atoms with Gasteiger partial charge in [-0.2, -0.15) is 0 Å². The van der Waals surface area contributed by atoms with Crippen molar-refractivity contribution in [3.8, 4) is 0 Å². The number of hydrogen-bond donors (Lipinski definition) is 2. The van der Waals surface area contributed by atoms with E-state index in [0.717, 1.165) is 5.92 Å². The highest BCUT2D eigenvalue weighted by Crippen LogP contribution is 2.37. The number of aromatic nitrogens is 1. The number of hydrogen-bond acceptors (Lipinski definition) is 4. The topological polar surface area (TPSA) is 50.9 Å². The average molecular weight is 225 g/mol. The second-order valence-electron chi connectivity index (χ2n) is 4.57. The minimum atomic E-state index is 0.310. The van der Waals surface area contributed by atoms with Gasteiger partial charge in [-0.15, -0.1) is 11.3 Å². The number of nitrogens with zero attached hydrogens (tertiary/aromatic N) is 1. The molecule has 1 aliphatic carbocycles. The smallest absolute Gasteiger partial charge is 0.0794 e. The Morgan fingerprint density at radius 3 is 2.73 bits per heavy atom. The first-order chi connectivity index (χ1) is 7.31. The molecule has 1 aromatic heterocycles. The fourth-order valence-electron chi connectivity index (χ4n) is 2.45. The fourth-order valence-corrected chi connectivity index (χ4v) is 3.22. The Morgan fingerprint density at radius 2 is 2.20 bits per heavy atom. The van der Waals surface area contributed by atoms with Gasteiger partial charge in [-0.05, 0) is 24.7 Å². The van der Waals surface area contributed by atoms with E-state index in [1.54, 1.807) is 11.3 Å². The fraction of sp³-hybridized carbons (Fsp3) is 0.727. The lowest BCUT2D eigenvalue weighted by molar-refractivity contribution is 0.234. The van der Waals surface area contributed by atoms with E-state index in [1.807, 2.05) is 11.7 Å². The molecular weight excluding hydrogens is 206 g/mol. The molecule has 1 atom stereocenters. The van der Waals surface area contributed by atoms with E-state index in [0.29, 0.717) is 12.0 Å². The maximum absolute atomic E-state index is 5.66. The van der Waals surface area contributed by atoms with Gasteiger partial charge in [0.25, 0.3) is 0 Å². The van der Waals surface area contributed by atoms with Gasteiger partial charge in [0.2, 0.25) is 0 Å². The maximum atomic E-state index is 5.66. The molecule has 1 fully saturated rings. The van der Waals surface area contributed by atoms with Gasteiger partial charge in [0.05, 0.1) is 11.6 Å². The number of thiazole rings is 1. The van der Waals surface area contributed by atoms with Crippen LogP contribution in [0.5, 0.6) is 0 Å². The summed E-state index contributed by atoms with van der Waals surface area (Å²) in [6.45, 7) is 2.34. The molecule has 84 valence electrons. The van der Waals surface area contributed by atoms with Crippen LogP contribution in [0, 0.1) is 11.8 Å². The van der Waals surface area contributed by atoms with Gasteiger partial charge in [0.1, 0.15) is 0 Å². The Hall–Kier alpha value is -0.450. The summed E-state index contributed by atoms with van der Waals surface area (Å²) >= 11 is 1.70. The van der Waals surface area contributed by atoms with Crippen molar-refractivity contribution < 1.29 is 0 Å². The van der Waals surface area contributed by atoms with E-state index >= 15 is 0 Å². The Labute approximate surface area is 95.1 Å². The Bertz CT molecular complexity index is 278. The van der Waals surface area contributed by atoms with Crippen molar-refractivity contribution in [3.05, 3.63) is 16.6 Å². The molecule has 1 saturated carbocycles. The van der Waals surface area contributed by atoms with Gasteiger partial charge >= 0.3 is 0 Å². The molecule has 3 N–H and O–H groups in total. The molecule has 1 aromatic rings. The van der Waals surface area contributed by atoms with Crippen molar-refractivity contribution in [1.29, 1.82) is 0 Å². The monoisotopic (exact) mass is 225 g/mol. The summed E-state index contributed by atoms with van der Waals surface area (Å²) in [5, 5.41) is 0. The van der Waals surface area contributed by atoms with Crippen LogP contribution in [-0.4, -0.2) is 4.98 Å². The quantitative estimate of drug-likeness (QED) is 0.614. The predicted molar refractivity (Wildman–Crippen MR) is 63.3 cm³/mol. The van der Waals surface area contributed by atoms with Gasteiger partial charge in [0.15, 0.2) is 0 Å². The van der Waals surface area contributed by atoms with Crippen LogP contribution in [0.3, 0.4) is 0 Å². The van der Waals surface area contributed by atoms with Gasteiger partial charge in [-0.1, -0.05) is 19.8 Å². The third-order valence-electron chi connectivity index (χ3n) is 3.47. The van der Waals surface area contributed by atoms with E-state index in [2.05, 4.69) is 17.3 Å². The van der Waals surface area contributed by atoms with Crippen molar-refractivity contribution in [2.45, 2.75) is 38.6 Å². The molecule has 1 aliphatic rings. The van der Waals surface area contributed by atoms with Gasteiger partial charge < -0.3 is 0 Å². The Balaban J connectivity index is 2.01. The first kappa shape index (κ1) is 11.0. The normalized spacial score (nSPS) is 28.9. The highest BCUT2D eigenvalue weighted by molar-refractivity contribution is 7.09. The Morgan fingerprint density at radius 1 is 1.47 bits per heavy atom. The standard InChI is InChI=1S/C11H19N3S/c1-8-2-4-9(5-3-8)11(14-12)10-6-13-7-15-10/h6-9,11,14H,2-5,12H2,1H3. The second-order valence-corrected chi connectivity index (χ2v) is 5.49. The van der Waals surface area contributed by atoms with Crippen molar-refractivity contribution in [1.82, 2.24) is 10.4 Å². The minimum Gasteiger partial charge on any atom is -0.271 e. The first-order valence-corrected chi connectivity index (χ1v) is 6.53. The lowest BCUT2D eigenvalue weighted by atomic mass is 9.79. The lowest BCUT2D eigenvalue weighted by Gasteiger charge is -2.31. The zero-order chi connectivity index (χ0) is 10.7. The molecule has 0 aromatic carbocycles. The summed E-state index contributed by atoms with van der Waals surface area (Å²) in [5.41, 5.74) is 4.84. The van der Waals surface area contributed by atoms with E-state index < -0.39 is 0 Å². The SMILES string of the molecule is CC1CCC(C(NN)c2cncs2)CC1. The molecule has 2 rings (SSSR count). The number of rotatable bonds is 3. The van der Waals surface area contributed by atoms with Crippen LogP contribution in [0.25, 0.3) is 0 Å². The average Bonchev–Trinajstić information content (AvgIpc) is 2.75. The van der Waals surface area contributed by atoms with E-state index in [-0.39, 0.29) is 0 Å². The van der Waals surface area contributed by atoms with Crippen molar-refractivity contribution in [3.63, 3.8) is 0 Å². The van der Waals surface area contributed by atoms with E-state index in [9.17, 15) is 0 Å². The van der Waals surface area contributed by atoms with Crippen LogP contribution < -0.4 is 11.3 Å². The van der Waals surface area contributed by atoms with Crippen LogP contribution in [0.1, 0.15) is 43.5 Å². The van der Waals surface area contributed by atoms with Crippen LogP contribution in [0.2, 0.25) is 0 Å². The van der Waals surface area contributed by atoms with Gasteiger partial charge in [0, 0.05) is 11.1 Å². The minimum absolute atomic E-state index is 0.310. The third-order valence-corrected chi connectivity index (χ3v) is 4.33. The predicted octanol–water partition coefficient (Wildman–Crippen LogP) is 2.47. The molecule has 1 heterocycles. The van der Waals surface area contributed by atoms with Crippen molar-refractivity contribution in [2.75, 3.05) is 0 Å². The van der Waals surface area contributed by atoms with Crippen LogP contribution in [-0.2, 0) is 0 Å². The third kappa shape index (κ3) is 2.56. The van der Waals surface area contributed by atoms with Crippen molar-refractivity contribution in [2.24, 2.45) is 17.7 Å². The number of nitrogens with two attached hydrogens (primary N) is 1. The summed E-state index contributed by atoms with van der Waals surface area (Å²) in [5.74, 6) is 7.24. The number of nitrogens with one attached hydrogen (secondary N) is 1. The van der Waals surface area contributed by atoms with Crippen LogP contribution >= 0.6 is 11.3 Å². The molecule has 0 amide bonds. The number of hydrazine groups is 1. The molecule has 0 aliphatic heterocycles. The largest absolute Gasteiger partial charge is 0.271 e. The molecule has 0 radical (unpaired) electrons. The summed E-state index contributed by atoms with van der Waals surface area (Å²) in [6, 6.07) is 0.310. The van der Waals surface area contributed by atoms with E-state index in [1.165, 1.54) is 30.6 Å². The molecule has 15 heavy (non-hydrogen) atoms. The van der Waals surface area contributed by atoms with Crippen LogP contribution in [0.4, 0.5) is 0 Å². The molecule has 3 nitrogen and oxygen atoms in total. The highest BCUT2D eigenvalue weighted by atomic mass is 32.1. The maximum Gasteiger partial charge on any atom is 0.0794 e. The zero-order valence-corrected chi connectivity index (χ0v) is 9.96. The summed E-state index contributed by atoms with van der Waals surface area (Å²) < 4.78 is 0. The Kier molecular flexibility index (Phi) is 3.72. The summed E-state index contributed by atoms with van der Waals surface area (Å²) in [7, 11) is 0. The van der Waals surface area contributed by atoms with E-state index in [4.69, 9.17) is 5.84 Å². The molecular formula is C11H19N3S. The zero-order valence-electron chi connectivity index (χ0n) is 9.15. The van der Waals surface area contributed by atoms with Gasteiger partial charge in [-0.3, -0.25) is 16.3 Å². The summed E-state index contributed by atoms with van der Waals surface area (Å²) in [4.78, 5) is 5.40. The highest BCUT2D eigenvalue weighted by Gasteiger charge is 2.27. The van der Waals surface area contributed by atoms with Crippen LogP contribution in [0.15, 0.2) is 11.7 Å². The van der Waals surface area contributed by atoms with Gasteiger partial charge in [-0.25, -0.2) is 0 Å². The van der Waals surface area contributed by atoms with Crippen molar-refractivity contribution >= 4 is 11.3 Å². The summed E-state index contributed by atoms with van der Waals surface area (Å²) in [6.07, 6.45) is 7.18.